The fourth-order valence-electron chi connectivity index (χ4n) is 6.72. The molecule has 0 saturated carbocycles. The second-order valence-corrected chi connectivity index (χ2v) is 10.6. The highest BCUT2D eigenvalue weighted by atomic mass is 15.0. The molecule has 9 aromatic rings. The van der Waals surface area contributed by atoms with E-state index in [1.54, 1.807) is 0 Å². The first-order chi connectivity index (χ1) is 19.8. The molecule has 0 aliphatic rings. The lowest BCUT2D eigenvalue weighted by Gasteiger charge is -2.14. The van der Waals surface area contributed by atoms with E-state index in [2.05, 4.69) is 155 Å². The molecule has 0 amide bonds. The average Bonchev–Trinajstić information content (AvgIpc) is 3.59. The van der Waals surface area contributed by atoms with Crippen molar-refractivity contribution >= 4 is 65.0 Å². The van der Waals surface area contributed by atoms with Crippen molar-refractivity contribution in [3.63, 3.8) is 0 Å². The average molecular weight is 509 g/mol. The second kappa shape index (κ2) is 8.08. The van der Waals surface area contributed by atoms with Crippen molar-refractivity contribution < 1.29 is 0 Å². The quantitative estimate of drug-likeness (QED) is 0.206. The number of hydrogen-bond donors (Lipinski definition) is 0. The van der Waals surface area contributed by atoms with Gasteiger partial charge in [0.2, 0.25) is 0 Å². The Morgan fingerprint density at radius 1 is 0.325 bits per heavy atom. The smallest absolute Gasteiger partial charge is 0.0548 e. The van der Waals surface area contributed by atoms with Gasteiger partial charge in [-0.25, -0.2) is 0 Å². The Bertz CT molecular complexity index is 2390. The number of fused-ring (bicyclic) bond motifs is 10. The zero-order chi connectivity index (χ0) is 26.2. The Morgan fingerprint density at radius 2 is 0.925 bits per heavy atom. The van der Waals surface area contributed by atoms with Crippen LogP contribution in [0.4, 0.5) is 0 Å². The predicted octanol–water partition coefficient (Wildman–Crippen LogP) is 10.2. The van der Waals surface area contributed by atoms with Crippen LogP contribution in [0.1, 0.15) is 0 Å². The SMILES string of the molecule is c1ccc(-n2ccc3cc4c(cc32)c2ccccc2n4-c2ccc3c4ccccc4c4ccccc4c3c2)cc1. The summed E-state index contributed by atoms with van der Waals surface area (Å²) in [6, 6.07) is 50.9. The molecule has 0 unspecified atom stereocenters. The van der Waals surface area contributed by atoms with Crippen molar-refractivity contribution in [3.8, 4) is 11.4 Å². The van der Waals surface area contributed by atoms with Crippen LogP contribution in [0.15, 0.2) is 146 Å². The summed E-state index contributed by atoms with van der Waals surface area (Å²) in [6.07, 6.45) is 2.18. The molecule has 0 spiro atoms. The Hall–Kier alpha value is -5.34. The van der Waals surface area contributed by atoms with Crippen molar-refractivity contribution in [3.05, 3.63) is 146 Å². The van der Waals surface area contributed by atoms with E-state index >= 15 is 0 Å². The van der Waals surface area contributed by atoms with Crippen LogP contribution in [0, 0.1) is 0 Å². The second-order valence-electron chi connectivity index (χ2n) is 10.6. The van der Waals surface area contributed by atoms with Crippen LogP contribution in [-0.4, -0.2) is 9.13 Å². The molecule has 0 N–H and O–H groups in total. The molecule has 2 nitrogen and oxygen atoms in total. The van der Waals surface area contributed by atoms with E-state index in [4.69, 9.17) is 0 Å². The van der Waals surface area contributed by atoms with Gasteiger partial charge < -0.3 is 9.13 Å². The van der Waals surface area contributed by atoms with Crippen molar-refractivity contribution in [1.29, 1.82) is 0 Å². The standard InChI is InChI=1S/C38H24N2/c1-2-10-26(11-3-1)39-21-20-25-22-38-35(24-37(25)39)33-16-8-9-17-36(33)40(38)27-18-19-32-30-14-5-4-12-28(30)29-13-6-7-15-31(29)34(32)23-27/h1-24H. The van der Waals surface area contributed by atoms with Gasteiger partial charge in [0, 0.05) is 33.7 Å². The fraction of sp³-hybridized carbons (Fsp3) is 0. The molecule has 9 rings (SSSR count). The minimum Gasteiger partial charge on any atom is -0.317 e. The molecular weight excluding hydrogens is 484 g/mol. The lowest BCUT2D eigenvalue weighted by atomic mass is 9.94. The van der Waals surface area contributed by atoms with Gasteiger partial charge in [-0.3, -0.25) is 0 Å². The van der Waals surface area contributed by atoms with Gasteiger partial charge in [-0.1, -0.05) is 91.0 Å². The van der Waals surface area contributed by atoms with E-state index < -0.39 is 0 Å². The monoisotopic (exact) mass is 508 g/mol. The maximum Gasteiger partial charge on any atom is 0.0548 e. The van der Waals surface area contributed by atoms with Crippen LogP contribution in [-0.2, 0) is 0 Å². The van der Waals surface area contributed by atoms with E-state index in [0.717, 1.165) is 0 Å². The highest BCUT2D eigenvalue weighted by molar-refractivity contribution is 6.25. The molecular formula is C38H24N2. The highest BCUT2D eigenvalue weighted by Crippen LogP contribution is 2.39. The predicted molar refractivity (Wildman–Crippen MR) is 170 cm³/mol. The topological polar surface area (TPSA) is 9.86 Å². The molecule has 7 aromatic carbocycles. The minimum atomic E-state index is 1.18. The third-order valence-electron chi connectivity index (χ3n) is 8.50. The van der Waals surface area contributed by atoms with E-state index in [1.807, 2.05) is 0 Å². The molecule has 0 saturated heterocycles. The van der Waals surface area contributed by atoms with E-state index in [0.29, 0.717) is 0 Å². The number of nitrogens with zero attached hydrogens (tertiary/aromatic N) is 2. The Balaban J connectivity index is 1.38. The Labute approximate surface area is 230 Å². The van der Waals surface area contributed by atoms with Crippen molar-refractivity contribution in [2.45, 2.75) is 0 Å². The minimum absolute atomic E-state index is 1.18. The zero-order valence-electron chi connectivity index (χ0n) is 21.8. The largest absolute Gasteiger partial charge is 0.317 e. The molecule has 2 heterocycles. The lowest BCUT2D eigenvalue weighted by Crippen LogP contribution is -1.95. The van der Waals surface area contributed by atoms with Crippen LogP contribution >= 0.6 is 0 Å². The number of para-hydroxylation sites is 2. The molecule has 0 atom stereocenters. The van der Waals surface area contributed by atoms with Crippen molar-refractivity contribution in [2.75, 3.05) is 0 Å². The summed E-state index contributed by atoms with van der Waals surface area (Å²) in [5, 5.41) is 11.5. The van der Waals surface area contributed by atoms with Crippen LogP contribution in [0.5, 0.6) is 0 Å². The van der Waals surface area contributed by atoms with Crippen molar-refractivity contribution in [2.24, 2.45) is 0 Å². The molecule has 186 valence electrons. The summed E-state index contributed by atoms with van der Waals surface area (Å²) in [4.78, 5) is 0. The number of aromatic nitrogens is 2. The normalized spacial score (nSPS) is 12.0. The number of benzene rings is 7. The fourth-order valence-corrected chi connectivity index (χ4v) is 6.72. The van der Waals surface area contributed by atoms with Gasteiger partial charge in [-0.05, 0) is 80.8 Å². The molecule has 0 radical (unpaired) electrons. The maximum absolute atomic E-state index is 2.44. The summed E-state index contributed by atoms with van der Waals surface area (Å²) in [5.74, 6) is 0. The summed E-state index contributed by atoms with van der Waals surface area (Å²) in [5.41, 5.74) is 6.03. The van der Waals surface area contributed by atoms with Gasteiger partial charge >= 0.3 is 0 Å². The number of hydrogen-bond acceptors (Lipinski definition) is 0. The van der Waals surface area contributed by atoms with E-state index in [1.165, 1.54) is 76.4 Å². The van der Waals surface area contributed by atoms with E-state index in [9.17, 15) is 0 Å². The van der Waals surface area contributed by atoms with Gasteiger partial charge in [-0.2, -0.15) is 0 Å². The summed E-state index contributed by atoms with van der Waals surface area (Å²) in [6.45, 7) is 0. The van der Waals surface area contributed by atoms with Crippen molar-refractivity contribution in [1.82, 2.24) is 9.13 Å². The highest BCUT2D eigenvalue weighted by Gasteiger charge is 2.16. The van der Waals surface area contributed by atoms with E-state index in [-0.39, 0.29) is 0 Å². The van der Waals surface area contributed by atoms with Crippen LogP contribution in [0.3, 0.4) is 0 Å². The molecule has 40 heavy (non-hydrogen) atoms. The van der Waals surface area contributed by atoms with Gasteiger partial charge in [0.1, 0.15) is 0 Å². The van der Waals surface area contributed by atoms with Gasteiger partial charge in [0.15, 0.2) is 0 Å². The maximum atomic E-state index is 2.44. The van der Waals surface area contributed by atoms with Gasteiger partial charge in [0.25, 0.3) is 0 Å². The summed E-state index contributed by atoms with van der Waals surface area (Å²) < 4.78 is 4.72. The first kappa shape index (κ1) is 21.6. The molecule has 0 bridgehead atoms. The lowest BCUT2D eigenvalue weighted by molar-refractivity contribution is 1.13. The molecule has 0 fully saturated rings. The third-order valence-corrected chi connectivity index (χ3v) is 8.50. The summed E-state index contributed by atoms with van der Waals surface area (Å²) >= 11 is 0. The zero-order valence-corrected chi connectivity index (χ0v) is 21.8. The first-order valence-corrected chi connectivity index (χ1v) is 13.8. The first-order valence-electron chi connectivity index (χ1n) is 13.8. The number of rotatable bonds is 2. The molecule has 0 aliphatic carbocycles. The Morgan fingerprint density at radius 3 is 1.65 bits per heavy atom. The van der Waals surface area contributed by atoms with Crippen LogP contribution < -0.4 is 0 Å². The summed E-state index contributed by atoms with van der Waals surface area (Å²) in [7, 11) is 0. The molecule has 2 heteroatoms. The van der Waals surface area contributed by atoms with Crippen LogP contribution in [0.25, 0.3) is 76.4 Å². The third kappa shape index (κ3) is 2.93. The van der Waals surface area contributed by atoms with Gasteiger partial charge in [-0.15, -0.1) is 0 Å². The molecule has 2 aromatic heterocycles. The van der Waals surface area contributed by atoms with Crippen LogP contribution in [0.2, 0.25) is 0 Å². The molecule has 0 aliphatic heterocycles. The van der Waals surface area contributed by atoms with Gasteiger partial charge in [0.05, 0.1) is 16.6 Å². The Kier molecular flexibility index (Phi) is 4.36.